The first-order valence-corrected chi connectivity index (χ1v) is 8.73. The molecule has 4 bridgehead atoms. The quantitative estimate of drug-likeness (QED) is 0.867. The molecule has 4 aliphatic rings. The molecule has 116 valence electrons. The van der Waals surface area contributed by atoms with Crippen LogP contribution in [0.5, 0.6) is 5.75 Å². The predicted molar refractivity (Wildman–Crippen MR) is 86.2 cm³/mol. The highest BCUT2D eigenvalue weighted by atomic mass is 16.4. The molecule has 3 aliphatic heterocycles. The Morgan fingerprint density at radius 2 is 2.23 bits per heavy atom. The van der Waals surface area contributed by atoms with Gasteiger partial charge in [-0.15, -0.1) is 0 Å². The van der Waals surface area contributed by atoms with Crippen LogP contribution in [0.15, 0.2) is 22.6 Å². The molecule has 1 saturated carbocycles. The molecule has 2 saturated heterocycles. The summed E-state index contributed by atoms with van der Waals surface area (Å²) in [5, 5.41) is 11.3. The van der Waals surface area contributed by atoms with Gasteiger partial charge in [0.25, 0.3) is 0 Å². The molecular weight excluding hydrogens is 274 g/mol. The molecule has 4 heterocycles. The van der Waals surface area contributed by atoms with Gasteiger partial charge in [-0.3, -0.25) is 4.90 Å². The topological polar surface area (TPSA) is 36.6 Å². The van der Waals surface area contributed by atoms with Crippen LogP contribution in [-0.4, -0.2) is 29.1 Å². The van der Waals surface area contributed by atoms with Gasteiger partial charge in [-0.25, -0.2) is 0 Å². The molecule has 3 fully saturated rings. The third-order valence-corrected chi connectivity index (χ3v) is 6.37. The fourth-order valence-corrected chi connectivity index (χ4v) is 5.54. The van der Waals surface area contributed by atoms with Crippen molar-refractivity contribution < 1.29 is 9.52 Å². The van der Waals surface area contributed by atoms with E-state index in [2.05, 4.69) is 17.9 Å². The fourth-order valence-electron chi connectivity index (χ4n) is 5.54. The summed E-state index contributed by atoms with van der Waals surface area (Å²) in [5.41, 5.74) is 2.07. The largest absolute Gasteiger partial charge is 0.504 e. The van der Waals surface area contributed by atoms with E-state index in [0.29, 0.717) is 17.5 Å². The van der Waals surface area contributed by atoms with Crippen LogP contribution >= 0.6 is 0 Å². The van der Waals surface area contributed by atoms with E-state index in [-0.39, 0.29) is 5.75 Å². The smallest absolute Gasteiger partial charge is 0.176 e. The maximum Gasteiger partial charge on any atom is 0.176 e. The number of phenolic OH excluding ortho intramolecular Hbond substituents is 1. The van der Waals surface area contributed by atoms with Crippen LogP contribution in [0.2, 0.25) is 0 Å². The van der Waals surface area contributed by atoms with Gasteiger partial charge in [-0.2, -0.15) is 0 Å². The van der Waals surface area contributed by atoms with Crippen LogP contribution in [0.3, 0.4) is 0 Å². The molecule has 1 aliphatic carbocycles. The minimum atomic E-state index is 0.287. The van der Waals surface area contributed by atoms with Crippen molar-refractivity contribution in [3.05, 3.63) is 29.5 Å². The Morgan fingerprint density at radius 1 is 1.32 bits per heavy atom. The number of phenols is 1. The van der Waals surface area contributed by atoms with Crippen LogP contribution in [0, 0.1) is 11.8 Å². The Morgan fingerprint density at radius 3 is 3.09 bits per heavy atom. The zero-order chi connectivity index (χ0) is 14.8. The number of piperidine rings is 2. The van der Waals surface area contributed by atoms with Crippen molar-refractivity contribution in [1.29, 1.82) is 0 Å². The third-order valence-electron chi connectivity index (χ3n) is 6.37. The highest BCUT2D eigenvalue weighted by Crippen LogP contribution is 2.52. The summed E-state index contributed by atoms with van der Waals surface area (Å²) in [4.78, 5) is 2.74. The second-order valence-electron chi connectivity index (χ2n) is 7.45. The number of para-hydroxylation sites is 1. The van der Waals surface area contributed by atoms with E-state index in [1.807, 2.05) is 6.07 Å². The second kappa shape index (κ2) is 4.51. The van der Waals surface area contributed by atoms with Crippen molar-refractivity contribution in [2.24, 2.45) is 11.8 Å². The Bertz CT molecular complexity index is 734. The maximum absolute atomic E-state index is 10.1. The van der Waals surface area contributed by atoms with Gasteiger partial charge in [-0.05, 0) is 37.2 Å². The molecule has 1 N–H and O–H groups in total. The standard InChI is InChI=1S/C19H23NO2/c1-2-12-8-11-9-15-17(12)20(10-11)7-6-14-13-4-3-5-16(21)19(13)22-18(14)15/h3-5,11-12,15,17,21H,2,6-10H2,1H3. The summed E-state index contributed by atoms with van der Waals surface area (Å²) in [7, 11) is 0. The zero-order valence-electron chi connectivity index (χ0n) is 13.1. The number of furan rings is 1. The molecule has 2 aromatic rings. The van der Waals surface area contributed by atoms with Gasteiger partial charge in [0.05, 0.1) is 0 Å². The monoisotopic (exact) mass is 297 g/mol. The summed E-state index contributed by atoms with van der Waals surface area (Å²) < 4.78 is 6.26. The van der Waals surface area contributed by atoms with Crippen molar-refractivity contribution >= 4 is 11.0 Å². The molecule has 1 aromatic carbocycles. The van der Waals surface area contributed by atoms with Crippen molar-refractivity contribution in [2.45, 2.75) is 44.6 Å². The summed E-state index contributed by atoms with van der Waals surface area (Å²) in [6.45, 7) is 4.76. The van der Waals surface area contributed by atoms with E-state index in [4.69, 9.17) is 4.42 Å². The van der Waals surface area contributed by atoms with Gasteiger partial charge in [0.1, 0.15) is 5.76 Å². The lowest BCUT2D eigenvalue weighted by molar-refractivity contribution is -0.0169. The molecule has 0 radical (unpaired) electrons. The lowest BCUT2D eigenvalue weighted by Gasteiger charge is -2.52. The average molecular weight is 297 g/mol. The Labute approximate surface area is 130 Å². The molecule has 3 nitrogen and oxygen atoms in total. The van der Waals surface area contributed by atoms with Gasteiger partial charge in [0, 0.05) is 36.0 Å². The molecule has 1 aromatic heterocycles. The zero-order valence-corrected chi connectivity index (χ0v) is 13.1. The van der Waals surface area contributed by atoms with Crippen LogP contribution < -0.4 is 0 Å². The summed E-state index contributed by atoms with van der Waals surface area (Å²) >= 11 is 0. The Kier molecular flexibility index (Phi) is 2.67. The SMILES string of the molecule is CCC1CC2CC3c4oc5c(O)cccc5c4CCN(C2)C13. The Hall–Kier alpha value is -1.48. The van der Waals surface area contributed by atoms with Crippen LogP contribution in [0.4, 0.5) is 0 Å². The lowest BCUT2D eigenvalue weighted by atomic mass is 9.65. The summed E-state index contributed by atoms with van der Waals surface area (Å²) in [5.74, 6) is 3.64. The third kappa shape index (κ3) is 1.60. The molecule has 3 heteroatoms. The maximum atomic E-state index is 10.1. The van der Waals surface area contributed by atoms with Crippen molar-refractivity contribution in [3.63, 3.8) is 0 Å². The molecule has 5 atom stereocenters. The summed E-state index contributed by atoms with van der Waals surface area (Å²) in [6.07, 6.45) is 5.00. The number of aromatic hydroxyl groups is 1. The number of nitrogens with zero attached hydrogens (tertiary/aromatic N) is 1. The molecule has 22 heavy (non-hydrogen) atoms. The molecule has 0 amide bonds. The molecule has 0 spiro atoms. The first kappa shape index (κ1) is 13.0. The van der Waals surface area contributed by atoms with Crippen molar-refractivity contribution in [3.8, 4) is 5.75 Å². The van der Waals surface area contributed by atoms with Crippen LogP contribution in [-0.2, 0) is 6.42 Å². The van der Waals surface area contributed by atoms with Crippen LogP contribution in [0.25, 0.3) is 11.0 Å². The number of hydrogen-bond acceptors (Lipinski definition) is 3. The molecular formula is C19H23NO2. The van der Waals surface area contributed by atoms with E-state index < -0.39 is 0 Å². The molecule has 6 rings (SSSR count). The van der Waals surface area contributed by atoms with E-state index in [1.54, 1.807) is 6.07 Å². The Balaban J connectivity index is 1.70. The number of benzene rings is 1. The van der Waals surface area contributed by atoms with E-state index in [1.165, 1.54) is 37.1 Å². The number of fused-ring (bicyclic) bond motifs is 4. The highest BCUT2D eigenvalue weighted by Gasteiger charge is 2.49. The van der Waals surface area contributed by atoms with E-state index in [9.17, 15) is 5.11 Å². The fraction of sp³-hybridized carbons (Fsp3) is 0.579. The first-order chi connectivity index (χ1) is 10.8. The highest BCUT2D eigenvalue weighted by molar-refractivity contribution is 5.87. The lowest BCUT2D eigenvalue weighted by Crippen LogP contribution is -2.56. The number of rotatable bonds is 1. The van der Waals surface area contributed by atoms with Gasteiger partial charge >= 0.3 is 0 Å². The van der Waals surface area contributed by atoms with E-state index in [0.717, 1.165) is 30.2 Å². The minimum Gasteiger partial charge on any atom is -0.504 e. The van der Waals surface area contributed by atoms with E-state index >= 15 is 0 Å². The van der Waals surface area contributed by atoms with Gasteiger partial charge in [0.2, 0.25) is 0 Å². The second-order valence-corrected chi connectivity index (χ2v) is 7.45. The summed E-state index contributed by atoms with van der Waals surface area (Å²) in [6, 6.07) is 6.43. The van der Waals surface area contributed by atoms with Gasteiger partial charge < -0.3 is 9.52 Å². The first-order valence-electron chi connectivity index (χ1n) is 8.73. The normalized spacial score (nSPS) is 36.3. The van der Waals surface area contributed by atoms with Crippen LogP contribution in [0.1, 0.15) is 43.4 Å². The minimum absolute atomic E-state index is 0.287. The van der Waals surface area contributed by atoms with Crippen molar-refractivity contribution in [1.82, 2.24) is 4.90 Å². The molecule has 5 unspecified atom stereocenters. The number of hydrogen-bond donors (Lipinski definition) is 1. The predicted octanol–water partition coefficient (Wildman–Crippen LogP) is 3.90. The van der Waals surface area contributed by atoms with Crippen molar-refractivity contribution in [2.75, 3.05) is 13.1 Å². The van der Waals surface area contributed by atoms with Gasteiger partial charge in [-0.1, -0.05) is 25.5 Å². The average Bonchev–Trinajstić information content (AvgIpc) is 2.87. The van der Waals surface area contributed by atoms with Gasteiger partial charge in [0.15, 0.2) is 11.3 Å².